The smallest absolute Gasteiger partial charge is 0.410 e. The summed E-state index contributed by atoms with van der Waals surface area (Å²) >= 11 is 0. The van der Waals surface area contributed by atoms with Crippen molar-refractivity contribution in [3.05, 3.63) is 28.7 Å². The molecule has 1 aliphatic heterocycles. The number of hydrogen-bond acceptors (Lipinski definition) is 5. The predicted molar refractivity (Wildman–Crippen MR) is 89.3 cm³/mol. The molecule has 1 fully saturated rings. The summed E-state index contributed by atoms with van der Waals surface area (Å²) in [6.07, 6.45) is 2.96. The van der Waals surface area contributed by atoms with E-state index in [1.807, 2.05) is 20.8 Å². The van der Waals surface area contributed by atoms with Gasteiger partial charge in [-0.2, -0.15) is 0 Å². The molecule has 1 aromatic heterocycles. The van der Waals surface area contributed by atoms with Crippen LogP contribution in [0, 0.1) is 0 Å². The van der Waals surface area contributed by atoms with Gasteiger partial charge in [0, 0.05) is 25.4 Å². The first-order chi connectivity index (χ1) is 11.3. The van der Waals surface area contributed by atoms with Gasteiger partial charge >= 0.3 is 6.09 Å². The molecule has 1 N–H and O–H groups in total. The van der Waals surface area contributed by atoms with Gasteiger partial charge in [0.1, 0.15) is 18.0 Å². The van der Waals surface area contributed by atoms with Gasteiger partial charge in [-0.1, -0.05) is 0 Å². The Morgan fingerprint density at radius 3 is 2.62 bits per heavy atom. The molecule has 7 heteroatoms. The van der Waals surface area contributed by atoms with Crippen molar-refractivity contribution in [3.63, 3.8) is 0 Å². The minimum Gasteiger partial charge on any atom is -0.491 e. The molecular weight excluding hydrogens is 312 g/mol. The molecule has 1 amide bonds. The third-order valence-corrected chi connectivity index (χ3v) is 3.55. The highest BCUT2D eigenvalue weighted by Gasteiger charge is 2.27. The molecule has 2 rings (SSSR count). The molecule has 0 bridgehead atoms. The number of piperidine rings is 1. The summed E-state index contributed by atoms with van der Waals surface area (Å²) in [6.45, 7) is 7.69. The summed E-state index contributed by atoms with van der Waals surface area (Å²) in [5.41, 5.74) is -0.663. The lowest BCUT2D eigenvalue weighted by Crippen LogP contribution is -2.43. The van der Waals surface area contributed by atoms with Crippen molar-refractivity contribution in [2.45, 2.75) is 45.3 Å². The molecule has 0 unspecified atom stereocenters. The summed E-state index contributed by atoms with van der Waals surface area (Å²) < 4.78 is 16.6. The van der Waals surface area contributed by atoms with Crippen molar-refractivity contribution in [1.82, 2.24) is 9.88 Å². The number of nitrogens with one attached hydrogen (secondary N) is 1. The van der Waals surface area contributed by atoms with Crippen LogP contribution in [0.15, 0.2) is 23.1 Å². The molecule has 7 nitrogen and oxygen atoms in total. The van der Waals surface area contributed by atoms with Gasteiger partial charge in [-0.3, -0.25) is 4.79 Å². The van der Waals surface area contributed by atoms with Crippen molar-refractivity contribution in [2.75, 3.05) is 26.3 Å². The Hall–Kier alpha value is -2.02. The number of hydrogen-bond donors (Lipinski definition) is 1. The first-order valence-corrected chi connectivity index (χ1v) is 8.24. The molecule has 0 aromatic carbocycles. The molecule has 134 valence electrons. The van der Waals surface area contributed by atoms with Crippen LogP contribution in [-0.2, 0) is 9.47 Å². The molecule has 1 saturated heterocycles. The van der Waals surface area contributed by atoms with Crippen LogP contribution in [0.4, 0.5) is 4.79 Å². The Balaban J connectivity index is 1.63. The number of nitrogens with zero attached hydrogens (tertiary/aromatic N) is 1. The predicted octanol–water partition coefficient (Wildman–Crippen LogP) is 2.17. The average Bonchev–Trinajstić information content (AvgIpc) is 2.50. The van der Waals surface area contributed by atoms with E-state index in [0.29, 0.717) is 32.1 Å². The molecule has 0 spiro atoms. The second-order valence-electron chi connectivity index (χ2n) is 6.77. The van der Waals surface area contributed by atoms with Crippen LogP contribution in [0.2, 0.25) is 0 Å². The first-order valence-electron chi connectivity index (χ1n) is 8.24. The highest BCUT2D eigenvalue weighted by Crippen LogP contribution is 2.17. The topological polar surface area (TPSA) is 80.9 Å². The number of amides is 1. The van der Waals surface area contributed by atoms with E-state index >= 15 is 0 Å². The van der Waals surface area contributed by atoms with E-state index < -0.39 is 5.60 Å². The third-order valence-electron chi connectivity index (χ3n) is 3.55. The molecule has 0 atom stereocenters. The first kappa shape index (κ1) is 18.3. The van der Waals surface area contributed by atoms with Crippen LogP contribution in [0.25, 0.3) is 0 Å². The quantitative estimate of drug-likeness (QED) is 0.832. The Morgan fingerprint density at radius 1 is 1.29 bits per heavy atom. The second kappa shape index (κ2) is 8.19. The number of ether oxygens (including phenoxy) is 3. The van der Waals surface area contributed by atoms with Gasteiger partial charge in [-0.25, -0.2) is 4.79 Å². The van der Waals surface area contributed by atoms with Crippen molar-refractivity contribution in [3.8, 4) is 5.75 Å². The van der Waals surface area contributed by atoms with E-state index in [0.717, 1.165) is 12.8 Å². The summed E-state index contributed by atoms with van der Waals surface area (Å²) in [5.74, 6) is 0.530. The zero-order valence-electron chi connectivity index (χ0n) is 14.5. The fraction of sp³-hybridized carbons (Fsp3) is 0.647. The molecule has 1 aliphatic rings. The van der Waals surface area contributed by atoms with Gasteiger partial charge in [0.2, 0.25) is 0 Å². The molecule has 0 aliphatic carbocycles. The lowest BCUT2D eigenvalue weighted by Gasteiger charge is -2.33. The molecule has 2 heterocycles. The third kappa shape index (κ3) is 6.23. The lowest BCUT2D eigenvalue weighted by atomic mass is 10.1. The average molecular weight is 338 g/mol. The highest BCUT2D eigenvalue weighted by molar-refractivity contribution is 5.68. The Kier molecular flexibility index (Phi) is 6.25. The zero-order chi connectivity index (χ0) is 17.6. The van der Waals surface area contributed by atoms with Crippen molar-refractivity contribution >= 4 is 6.09 Å². The molecular formula is C17H26N2O5. The van der Waals surface area contributed by atoms with Gasteiger partial charge in [-0.05, 0) is 39.7 Å². The molecule has 0 radical (unpaired) electrons. The van der Waals surface area contributed by atoms with Crippen LogP contribution in [0.3, 0.4) is 0 Å². The summed E-state index contributed by atoms with van der Waals surface area (Å²) in [5, 5.41) is 0. The van der Waals surface area contributed by atoms with Crippen LogP contribution in [0.5, 0.6) is 5.75 Å². The van der Waals surface area contributed by atoms with Crippen molar-refractivity contribution in [2.24, 2.45) is 0 Å². The maximum absolute atomic E-state index is 12.0. The van der Waals surface area contributed by atoms with Crippen molar-refractivity contribution < 1.29 is 19.0 Å². The Labute approximate surface area is 141 Å². The largest absolute Gasteiger partial charge is 0.491 e. The number of aromatic amines is 1. The zero-order valence-corrected chi connectivity index (χ0v) is 14.5. The van der Waals surface area contributed by atoms with Gasteiger partial charge < -0.3 is 24.1 Å². The van der Waals surface area contributed by atoms with Gasteiger partial charge in [0.05, 0.1) is 12.7 Å². The minimum atomic E-state index is -0.471. The van der Waals surface area contributed by atoms with E-state index in [1.54, 1.807) is 17.2 Å². The van der Waals surface area contributed by atoms with E-state index in [-0.39, 0.29) is 17.8 Å². The number of rotatable bonds is 5. The number of H-pyrrole nitrogens is 1. The Bertz CT molecular complexity index is 585. The van der Waals surface area contributed by atoms with Crippen molar-refractivity contribution in [1.29, 1.82) is 0 Å². The standard InChI is InChI=1S/C17H26N2O5/c1-17(2,3)24-16(21)19-8-5-13(6-9-19)22-10-11-23-14-4-7-18-15(20)12-14/h4,7,12-13H,5-6,8-11H2,1-3H3,(H,18,20). The van der Waals surface area contributed by atoms with E-state index in [4.69, 9.17) is 14.2 Å². The second-order valence-corrected chi connectivity index (χ2v) is 6.77. The summed E-state index contributed by atoms with van der Waals surface area (Å²) in [6, 6.07) is 3.10. The molecule has 0 saturated carbocycles. The minimum absolute atomic E-state index is 0.117. The van der Waals surface area contributed by atoms with E-state index in [9.17, 15) is 9.59 Å². The summed E-state index contributed by atoms with van der Waals surface area (Å²) in [7, 11) is 0. The Morgan fingerprint density at radius 2 is 2.00 bits per heavy atom. The van der Waals surface area contributed by atoms with Gasteiger partial charge in [-0.15, -0.1) is 0 Å². The normalized spacial score (nSPS) is 16.0. The van der Waals surface area contributed by atoms with E-state index in [2.05, 4.69) is 4.98 Å². The van der Waals surface area contributed by atoms with Crippen LogP contribution < -0.4 is 10.3 Å². The van der Waals surface area contributed by atoms with Gasteiger partial charge in [0.15, 0.2) is 0 Å². The highest BCUT2D eigenvalue weighted by atomic mass is 16.6. The maximum Gasteiger partial charge on any atom is 0.410 e. The molecule has 24 heavy (non-hydrogen) atoms. The van der Waals surface area contributed by atoms with Crippen LogP contribution in [0.1, 0.15) is 33.6 Å². The number of pyridine rings is 1. The SMILES string of the molecule is CC(C)(C)OC(=O)N1CCC(OCCOc2cc[nH]c(=O)c2)CC1. The van der Waals surface area contributed by atoms with Crippen LogP contribution >= 0.6 is 0 Å². The number of carbonyl (C=O) groups is 1. The van der Waals surface area contributed by atoms with Gasteiger partial charge in [0.25, 0.3) is 5.56 Å². The van der Waals surface area contributed by atoms with E-state index in [1.165, 1.54) is 6.07 Å². The summed E-state index contributed by atoms with van der Waals surface area (Å²) in [4.78, 5) is 27.4. The monoisotopic (exact) mass is 338 g/mol. The molecule has 1 aromatic rings. The number of carbonyl (C=O) groups excluding carboxylic acids is 1. The lowest BCUT2D eigenvalue weighted by molar-refractivity contribution is -0.0177. The maximum atomic E-state index is 12.0. The fourth-order valence-corrected chi connectivity index (χ4v) is 2.42. The fourth-order valence-electron chi connectivity index (χ4n) is 2.42. The van der Waals surface area contributed by atoms with Crippen LogP contribution in [-0.4, -0.2) is 54.0 Å². The number of likely N-dealkylation sites (tertiary alicyclic amines) is 1. The number of aromatic nitrogens is 1.